The smallest absolute Gasteiger partial charge is 0.387 e. The van der Waals surface area contributed by atoms with E-state index in [0.717, 1.165) is 0 Å². The number of hydrogen-bond donors (Lipinski definition) is 1. The van der Waals surface area contributed by atoms with Crippen LogP contribution in [0.5, 0.6) is 11.5 Å². The number of nitro groups is 1. The van der Waals surface area contributed by atoms with E-state index in [4.69, 9.17) is 4.74 Å². The van der Waals surface area contributed by atoms with E-state index in [0.29, 0.717) is 11.4 Å². The molecule has 11 nitrogen and oxygen atoms in total. The van der Waals surface area contributed by atoms with Gasteiger partial charge in [-0.2, -0.15) is 19.0 Å². The maximum atomic E-state index is 12.5. The molecule has 0 atom stereocenters. The summed E-state index contributed by atoms with van der Waals surface area (Å²) in [6, 6.07) is 5.49. The zero-order valence-electron chi connectivity index (χ0n) is 17.4. The Morgan fingerprint density at radius 1 is 1.25 bits per heavy atom. The van der Waals surface area contributed by atoms with Crippen molar-refractivity contribution in [3.63, 3.8) is 0 Å². The predicted octanol–water partition coefficient (Wildman–Crippen LogP) is 3.36. The largest absolute Gasteiger partial charge is 0.490 e. The second kappa shape index (κ2) is 9.41. The Bertz CT molecular complexity index is 1140. The summed E-state index contributed by atoms with van der Waals surface area (Å²) in [6.45, 7) is 2.07. The van der Waals surface area contributed by atoms with Gasteiger partial charge in [0.15, 0.2) is 17.2 Å². The third-order valence-electron chi connectivity index (χ3n) is 4.40. The number of nitrogens with zero attached hydrogens (tertiary/aromatic N) is 5. The third kappa shape index (κ3) is 4.99. The Kier molecular flexibility index (Phi) is 6.66. The van der Waals surface area contributed by atoms with E-state index >= 15 is 0 Å². The van der Waals surface area contributed by atoms with Crippen molar-refractivity contribution in [1.29, 1.82) is 0 Å². The molecule has 1 N–H and O–H groups in total. The normalized spacial score (nSPS) is 10.9. The quantitative estimate of drug-likeness (QED) is 0.391. The summed E-state index contributed by atoms with van der Waals surface area (Å²) < 4.78 is 37.6. The zero-order chi connectivity index (χ0) is 23.4. The topological polar surface area (TPSA) is 126 Å². The average Bonchev–Trinajstić information content (AvgIpc) is 3.28. The van der Waals surface area contributed by atoms with E-state index in [1.165, 1.54) is 46.7 Å². The standard InChI is InChI=1S/C19H20F2N6O5/c1-4-31-16-9-13(5-6-15(16)32-19(20)21)22-18(28)14-7-8-25(24-14)10-26-12(3)17(27(29)30)11(2)23-26/h5-9,19H,4,10H2,1-3H3,(H,22,28). The summed E-state index contributed by atoms with van der Waals surface area (Å²) >= 11 is 0. The first-order chi connectivity index (χ1) is 15.2. The predicted molar refractivity (Wildman–Crippen MR) is 108 cm³/mol. The number of ether oxygens (including phenoxy) is 2. The molecule has 13 heteroatoms. The highest BCUT2D eigenvalue weighted by Gasteiger charge is 2.22. The van der Waals surface area contributed by atoms with E-state index in [1.54, 1.807) is 13.8 Å². The number of alkyl halides is 2. The Labute approximate surface area is 180 Å². The summed E-state index contributed by atoms with van der Waals surface area (Å²) in [6.07, 6.45) is 1.53. The van der Waals surface area contributed by atoms with Gasteiger partial charge < -0.3 is 14.8 Å². The van der Waals surface area contributed by atoms with Crippen molar-refractivity contribution in [3.8, 4) is 11.5 Å². The van der Waals surface area contributed by atoms with Gasteiger partial charge in [0.2, 0.25) is 0 Å². The van der Waals surface area contributed by atoms with Crippen LogP contribution in [-0.4, -0.2) is 43.6 Å². The number of aryl methyl sites for hydroxylation is 1. The van der Waals surface area contributed by atoms with Gasteiger partial charge in [0, 0.05) is 18.0 Å². The van der Waals surface area contributed by atoms with Crippen LogP contribution >= 0.6 is 0 Å². The molecule has 0 unspecified atom stereocenters. The van der Waals surface area contributed by atoms with E-state index in [-0.39, 0.29) is 41.8 Å². The monoisotopic (exact) mass is 450 g/mol. The second-order valence-corrected chi connectivity index (χ2v) is 6.59. The van der Waals surface area contributed by atoms with E-state index in [1.807, 2.05) is 0 Å². The minimum atomic E-state index is -3.01. The lowest BCUT2D eigenvalue weighted by Gasteiger charge is -2.13. The summed E-state index contributed by atoms with van der Waals surface area (Å²) in [7, 11) is 0. The maximum Gasteiger partial charge on any atom is 0.387 e. The van der Waals surface area contributed by atoms with Crippen LogP contribution in [-0.2, 0) is 6.67 Å². The van der Waals surface area contributed by atoms with E-state index in [9.17, 15) is 23.7 Å². The molecule has 0 saturated carbocycles. The highest BCUT2D eigenvalue weighted by Crippen LogP contribution is 2.32. The summed E-state index contributed by atoms with van der Waals surface area (Å²) in [5.41, 5.74) is 0.945. The van der Waals surface area contributed by atoms with Gasteiger partial charge in [-0.1, -0.05) is 0 Å². The van der Waals surface area contributed by atoms with Crippen molar-refractivity contribution in [1.82, 2.24) is 19.6 Å². The van der Waals surface area contributed by atoms with Crippen LogP contribution in [0, 0.1) is 24.0 Å². The number of nitrogens with one attached hydrogen (secondary N) is 1. The number of aromatic nitrogens is 4. The molecule has 0 fully saturated rings. The lowest BCUT2D eigenvalue weighted by molar-refractivity contribution is -0.386. The molecule has 0 aliphatic carbocycles. The molecule has 3 aromatic rings. The SMILES string of the molecule is CCOc1cc(NC(=O)c2ccn(Cn3nc(C)c([N+](=O)[O-])c3C)n2)ccc1OC(F)F. The highest BCUT2D eigenvalue weighted by molar-refractivity contribution is 6.02. The number of carbonyl (C=O) groups is 1. The number of carbonyl (C=O) groups excluding carboxylic acids is 1. The van der Waals surface area contributed by atoms with Crippen LogP contribution in [0.2, 0.25) is 0 Å². The Morgan fingerprint density at radius 2 is 2.00 bits per heavy atom. The van der Waals surface area contributed by atoms with Crippen LogP contribution in [0.1, 0.15) is 28.8 Å². The van der Waals surface area contributed by atoms with Crippen molar-refractivity contribution < 1.29 is 28.0 Å². The zero-order valence-corrected chi connectivity index (χ0v) is 17.4. The Morgan fingerprint density at radius 3 is 2.62 bits per heavy atom. The van der Waals surface area contributed by atoms with Crippen LogP contribution in [0.3, 0.4) is 0 Å². The van der Waals surface area contributed by atoms with Gasteiger partial charge in [0.05, 0.1) is 11.5 Å². The van der Waals surface area contributed by atoms with E-state index in [2.05, 4.69) is 20.3 Å². The molecule has 2 heterocycles. The number of anilines is 1. The minimum absolute atomic E-state index is 0.0576. The number of amides is 1. The van der Waals surface area contributed by atoms with Gasteiger partial charge in [-0.25, -0.2) is 4.68 Å². The number of hydrogen-bond acceptors (Lipinski definition) is 7. The lowest BCUT2D eigenvalue weighted by Crippen LogP contribution is -2.16. The van der Waals surface area contributed by atoms with Crippen LogP contribution in [0.4, 0.5) is 20.2 Å². The first-order valence-corrected chi connectivity index (χ1v) is 9.44. The Hall–Kier alpha value is -4.03. The summed E-state index contributed by atoms with van der Waals surface area (Å²) in [4.78, 5) is 23.2. The molecule has 170 valence electrons. The van der Waals surface area contributed by atoms with Gasteiger partial charge in [-0.15, -0.1) is 0 Å². The van der Waals surface area contributed by atoms with Gasteiger partial charge in [-0.05, 0) is 39.0 Å². The molecule has 1 amide bonds. The molecule has 1 aromatic carbocycles. The fraction of sp³-hybridized carbons (Fsp3) is 0.316. The first-order valence-electron chi connectivity index (χ1n) is 9.44. The highest BCUT2D eigenvalue weighted by atomic mass is 19.3. The molecule has 0 aliphatic heterocycles. The summed E-state index contributed by atoms with van der Waals surface area (Å²) in [5.74, 6) is -0.640. The minimum Gasteiger partial charge on any atom is -0.490 e. The molecule has 2 aromatic heterocycles. The molecule has 0 bridgehead atoms. The van der Waals surface area contributed by atoms with Crippen molar-refractivity contribution in [2.45, 2.75) is 34.1 Å². The summed E-state index contributed by atoms with van der Waals surface area (Å²) in [5, 5.41) is 22.0. The molecule has 0 aliphatic rings. The van der Waals surface area contributed by atoms with Gasteiger partial charge in [0.1, 0.15) is 18.1 Å². The third-order valence-corrected chi connectivity index (χ3v) is 4.40. The molecule has 0 saturated heterocycles. The second-order valence-electron chi connectivity index (χ2n) is 6.59. The molecular weight excluding hydrogens is 430 g/mol. The number of halogens is 2. The number of rotatable bonds is 9. The van der Waals surface area contributed by atoms with Gasteiger partial charge >= 0.3 is 12.3 Å². The van der Waals surface area contributed by atoms with E-state index < -0.39 is 17.4 Å². The molecule has 0 radical (unpaired) electrons. The molecule has 0 spiro atoms. The fourth-order valence-electron chi connectivity index (χ4n) is 3.03. The van der Waals surface area contributed by atoms with Crippen LogP contribution in [0.25, 0.3) is 0 Å². The van der Waals surface area contributed by atoms with Crippen LogP contribution < -0.4 is 14.8 Å². The number of benzene rings is 1. The van der Waals surface area contributed by atoms with Crippen molar-refractivity contribution in [2.24, 2.45) is 0 Å². The van der Waals surface area contributed by atoms with Crippen molar-refractivity contribution >= 4 is 17.3 Å². The lowest BCUT2D eigenvalue weighted by atomic mass is 10.2. The molecule has 32 heavy (non-hydrogen) atoms. The van der Waals surface area contributed by atoms with Gasteiger partial charge in [0.25, 0.3) is 5.91 Å². The molecular formula is C19H20F2N6O5. The average molecular weight is 450 g/mol. The fourth-order valence-corrected chi connectivity index (χ4v) is 3.03. The van der Waals surface area contributed by atoms with Gasteiger partial charge in [-0.3, -0.25) is 19.6 Å². The van der Waals surface area contributed by atoms with Crippen LogP contribution in [0.15, 0.2) is 30.5 Å². The van der Waals surface area contributed by atoms with Crippen molar-refractivity contribution in [3.05, 3.63) is 57.7 Å². The molecule has 3 rings (SSSR count). The van der Waals surface area contributed by atoms with Crippen molar-refractivity contribution in [2.75, 3.05) is 11.9 Å². The first kappa shape index (κ1) is 22.7. The Balaban J connectivity index is 1.73. The maximum absolute atomic E-state index is 12.5.